The number of hydrogen-bond donors (Lipinski definition) is 0. The normalized spacial score (nSPS) is 12.3. The van der Waals surface area contributed by atoms with Crippen molar-refractivity contribution in [2.24, 2.45) is 7.05 Å². The Morgan fingerprint density at radius 2 is 1.40 bits per heavy atom. The molecule has 0 N–H and O–H groups in total. The van der Waals surface area contributed by atoms with E-state index in [1.807, 2.05) is 6.07 Å². The summed E-state index contributed by atoms with van der Waals surface area (Å²) in [4.78, 5) is 0. The number of benzene rings is 4. The van der Waals surface area contributed by atoms with Crippen LogP contribution in [0.5, 0.6) is 0 Å². The second-order valence-electron chi connectivity index (χ2n) is 8.12. The van der Waals surface area contributed by atoms with E-state index in [-0.39, 0.29) is 0 Å². The first-order valence-corrected chi connectivity index (χ1v) is 10.3. The molecule has 0 aliphatic rings. The second kappa shape index (κ2) is 5.39. The predicted molar refractivity (Wildman–Crippen MR) is 123 cm³/mol. The number of aryl methyl sites for hydroxylation is 2. The monoisotopic (exact) mass is 387 g/mol. The highest BCUT2D eigenvalue weighted by Gasteiger charge is 2.25. The smallest absolute Gasteiger partial charge is 0.295 e. The first kappa shape index (κ1) is 16.0. The van der Waals surface area contributed by atoms with E-state index < -0.39 is 0 Å². The molecule has 0 spiro atoms. The molecular weight excluding hydrogens is 368 g/mol. The van der Waals surface area contributed by atoms with Crippen LogP contribution in [0.4, 0.5) is 0 Å². The van der Waals surface area contributed by atoms with Crippen molar-refractivity contribution in [2.45, 2.75) is 6.92 Å². The maximum absolute atomic E-state index is 6.28. The molecule has 0 aliphatic carbocycles. The Morgan fingerprint density at radius 1 is 0.700 bits per heavy atom. The van der Waals surface area contributed by atoms with Gasteiger partial charge in [-0.3, -0.25) is 0 Å². The third kappa shape index (κ3) is 1.79. The summed E-state index contributed by atoms with van der Waals surface area (Å²) in [5.74, 6) is 0. The van der Waals surface area contributed by atoms with Crippen LogP contribution in [0.1, 0.15) is 5.56 Å². The molecule has 7 aromatic rings. The van der Waals surface area contributed by atoms with E-state index in [0.717, 1.165) is 11.2 Å². The minimum atomic E-state index is 0.941. The van der Waals surface area contributed by atoms with E-state index >= 15 is 0 Å². The van der Waals surface area contributed by atoms with E-state index in [1.54, 1.807) is 0 Å². The number of fused-ring (bicyclic) bond motifs is 11. The highest BCUT2D eigenvalue weighted by atomic mass is 16.3. The molecule has 142 valence electrons. The number of pyridine rings is 1. The first-order valence-electron chi connectivity index (χ1n) is 10.3. The molecule has 3 heterocycles. The number of hydrogen-bond acceptors (Lipinski definition) is 1. The van der Waals surface area contributed by atoms with Crippen LogP contribution in [0.2, 0.25) is 0 Å². The fraction of sp³-hybridized carbons (Fsp3) is 0.0741. The number of aromatic nitrogens is 2. The summed E-state index contributed by atoms with van der Waals surface area (Å²) >= 11 is 0. The molecule has 3 aromatic heterocycles. The molecule has 0 aliphatic heterocycles. The molecule has 0 bridgehead atoms. The van der Waals surface area contributed by atoms with Crippen molar-refractivity contribution in [1.29, 1.82) is 0 Å². The van der Waals surface area contributed by atoms with Crippen molar-refractivity contribution in [3.8, 4) is 0 Å². The van der Waals surface area contributed by atoms with Gasteiger partial charge in [-0.15, -0.1) is 0 Å². The van der Waals surface area contributed by atoms with Gasteiger partial charge >= 0.3 is 0 Å². The molecular formula is C27H19N2O+. The Kier molecular flexibility index (Phi) is 2.88. The van der Waals surface area contributed by atoms with Crippen LogP contribution in [-0.2, 0) is 7.05 Å². The van der Waals surface area contributed by atoms with Crippen molar-refractivity contribution in [1.82, 2.24) is 4.40 Å². The van der Waals surface area contributed by atoms with E-state index in [9.17, 15) is 0 Å². The zero-order chi connectivity index (χ0) is 20.0. The summed E-state index contributed by atoms with van der Waals surface area (Å²) in [5.41, 5.74) is 8.05. The molecule has 0 radical (unpaired) electrons. The minimum absolute atomic E-state index is 0.941. The topological polar surface area (TPSA) is 21.4 Å². The van der Waals surface area contributed by atoms with Gasteiger partial charge in [0.15, 0.2) is 11.0 Å². The maximum Gasteiger partial charge on any atom is 0.295 e. The lowest BCUT2D eigenvalue weighted by Crippen LogP contribution is -2.27. The Bertz CT molecular complexity index is 1820. The van der Waals surface area contributed by atoms with Gasteiger partial charge in [0, 0.05) is 21.5 Å². The van der Waals surface area contributed by atoms with Crippen molar-refractivity contribution in [3.05, 3.63) is 84.4 Å². The third-order valence-corrected chi connectivity index (χ3v) is 6.59. The Morgan fingerprint density at radius 3 is 2.27 bits per heavy atom. The van der Waals surface area contributed by atoms with E-state index in [0.29, 0.717) is 0 Å². The van der Waals surface area contributed by atoms with Crippen LogP contribution < -0.4 is 4.57 Å². The SMILES string of the molecule is Cc1c2c(cc3c4ccccc4n4c5ccccc5[n+](C)c4c13)oc1ccccc12. The molecule has 30 heavy (non-hydrogen) atoms. The first-order chi connectivity index (χ1) is 14.7. The predicted octanol–water partition coefficient (Wildman–Crippen LogP) is 6.43. The van der Waals surface area contributed by atoms with Crippen LogP contribution in [0, 0.1) is 6.92 Å². The van der Waals surface area contributed by atoms with Gasteiger partial charge in [-0.25, -0.2) is 4.57 Å². The molecule has 0 amide bonds. The van der Waals surface area contributed by atoms with Gasteiger partial charge in [0.2, 0.25) is 0 Å². The summed E-state index contributed by atoms with van der Waals surface area (Å²) in [6.45, 7) is 2.24. The van der Waals surface area contributed by atoms with Crippen molar-refractivity contribution in [3.63, 3.8) is 0 Å². The molecule has 0 saturated carbocycles. The van der Waals surface area contributed by atoms with Gasteiger partial charge in [-0.1, -0.05) is 48.5 Å². The number of nitrogens with zero attached hydrogens (tertiary/aromatic N) is 2. The van der Waals surface area contributed by atoms with E-state index in [4.69, 9.17) is 4.42 Å². The molecule has 4 aromatic carbocycles. The molecule has 3 nitrogen and oxygen atoms in total. The number of furan rings is 1. The molecule has 3 heteroatoms. The van der Waals surface area contributed by atoms with Gasteiger partial charge in [0.05, 0.1) is 12.4 Å². The lowest BCUT2D eigenvalue weighted by Gasteiger charge is -2.08. The summed E-state index contributed by atoms with van der Waals surface area (Å²) < 4.78 is 11.0. The zero-order valence-electron chi connectivity index (χ0n) is 16.8. The Labute approximate surface area is 172 Å². The summed E-state index contributed by atoms with van der Waals surface area (Å²) in [6.07, 6.45) is 0. The largest absolute Gasteiger partial charge is 0.456 e. The van der Waals surface area contributed by atoms with E-state index in [1.165, 1.54) is 54.7 Å². The quantitative estimate of drug-likeness (QED) is 0.217. The Balaban J connectivity index is 1.90. The highest BCUT2D eigenvalue weighted by Crippen LogP contribution is 2.40. The summed E-state index contributed by atoms with van der Waals surface area (Å²) in [6, 6.07) is 27.9. The lowest BCUT2D eigenvalue weighted by atomic mass is 9.97. The third-order valence-electron chi connectivity index (χ3n) is 6.59. The van der Waals surface area contributed by atoms with Crippen LogP contribution in [0.15, 0.2) is 83.3 Å². The highest BCUT2D eigenvalue weighted by molar-refractivity contribution is 6.21. The maximum atomic E-state index is 6.28. The molecule has 0 saturated heterocycles. The van der Waals surface area contributed by atoms with Gasteiger partial charge in [0.25, 0.3) is 5.65 Å². The molecule has 0 fully saturated rings. The van der Waals surface area contributed by atoms with Crippen LogP contribution in [-0.4, -0.2) is 4.40 Å². The molecule has 7 rings (SSSR count). The van der Waals surface area contributed by atoms with Gasteiger partial charge in [-0.2, -0.15) is 4.40 Å². The Hall–Kier alpha value is -3.85. The number of imidazole rings is 1. The second-order valence-corrected chi connectivity index (χ2v) is 8.12. The van der Waals surface area contributed by atoms with Crippen molar-refractivity contribution < 1.29 is 8.98 Å². The summed E-state index contributed by atoms with van der Waals surface area (Å²) in [7, 11) is 2.17. The standard InChI is InChI=1S/C27H19N2O/c1-16-25-18-10-4-8-14-23(18)30-24(25)15-19-17-9-3-5-11-20(17)29-22-13-7-6-12-21(22)28(2)27(29)26(16)19/h3-15H,1-2H3/q+1. The zero-order valence-corrected chi connectivity index (χ0v) is 16.8. The van der Waals surface area contributed by atoms with Gasteiger partial charge in [0.1, 0.15) is 16.7 Å². The van der Waals surface area contributed by atoms with Gasteiger partial charge in [-0.05, 0) is 42.8 Å². The average Bonchev–Trinajstić information content (AvgIpc) is 3.30. The average molecular weight is 387 g/mol. The summed E-state index contributed by atoms with van der Waals surface area (Å²) in [5, 5.41) is 6.15. The van der Waals surface area contributed by atoms with Crippen LogP contribution >= 0.6 is 0 Å². The minimum Gasteiger partial charge on any atom is -0.456 e. The van der Waals surface area contributed by atoms with Crippen molar-refractivity contribution in [2.75, 3.05) is 0 Å². The van der Waals surface area contributed by atoms with Crippen molar-refractivity contribution >= 4 is 60.3 Å². The van der Waals surface area contributed by atoms with E-state index in [2.05, 4.69) is 95.7 Å². The van der Waals surface area contributed by atoms with Gasteiger partial charge < -0.3 is 4.42 Å². The fourth-order valence-corrected chi connectivity index (χ4v) is 5.32. The number of para-hydroxylation sites is 4. The molecule has 0 atom stereocenters. The molecule has 0 unspecified atom stereocenters. The van der Waals surface area contributed by atoms with Crippen LogP contribution in [0.3, 0.4) is 0 Å². The van der Waals surface area contributed by atoms with Crippen LogP contribution in [0.25, 0.3) is 60.3 Å². The lowest BCUT2D eigenvalue weighted by molar-refractivity contribution is -0.617. The fourth-order valence-electron chi connectivity index (χ4n) is 5.32. The number of rotatable bonds is 0.